The number of hydrogen-bond acceptors (Lipinski definition) is 4. The van der Waals surface area contributed by atoms with Gasteiger partial charge in [-0.25, -0.2) is 0 Å². The van der Waals surface area contributed by atoms with Gasteiger partial charge in [0.05, 0.1) is 7.11 Å². The van der Waals surface area contributed by atoms with Gasteiger partial charge in [-0.1, -0.05) is 41.4 Å². The lowest BCUT2D eigenvalue weighted by Gasteiger charge is -2.14. The van der Waals surface area contributed by atoms with Crippen LogP contribution in [0.2, 0.25) is 10.0 Å². The van der Waals surface area contributed by atoms with Gasteiger partial charge in [-0.15, -0.1) is 0 Å². The van der Waals surface area contributed by atoms with E-state index >= 15 is 0 Å². The van der Waals surface area contributed by atoms with E-state index in [4.69, 9.17) is 44.9 Å². The third kappa shape index (κ3) is 4.09. The van der Waals surface area contributed by atoms with Crippen molar-refractivity contribution in [3.8, 4) is 11.5 Å². The number of benzene rings is 2. The number of rotatable bonds is 5. The number of hydrogen-bond donors (Lipinski definition) is 2. The molecule has 134 valence electrons. The van der Waals surface area contributed by atoms with Crippen molar-refractivity contribution >= 4 is 52.5 Å². The van der Waals surface area contributed by atoms with E-state index in [9.17, 15) is 4.79 Å². The molecule has 2 aromatic rings. The zero-order valence-corrected chi connectivity index (χ0v) is 16.0. The maximum Gasteiger partial charge on any atom is 0.273 e. The molecule has 0 radical (unpaired) electrons. The Hall–Kier alpha value is -2.28. The molecule has 26 heavy (non-hydrogen) atoms. The maximum absolute atomic E-state index is 11.9. The lowest BCUT2D eigenvalue weighted by Crippen LogP contribution is -2.21. The molecule has 1 saturated heterocycles. The van der Waals surface area contributed by atoms with E-state index in [2.05, 4.69) is 10.6 Å². The van der Waals surface area contributed by atoms with Crippen LogP contribution in [0.25, 0.3) is 6.08 Å². The van der Waals surface area contributed by atoms with Gasteiger partial charge in [-0.3, -0.25) is 10.1 Å². The van der Waals surface area contributed by atoms with Crippen LogP contribution in [0.4, 0.5) is 0 Å². The lowest BCUT2D eigenvalue weighted by molar-refractivity contribution is -0.115. The predicted molar refractivity (Wildman–Crippen MR) is 106 cm³/mol. The third-order valence-corrected chi connectivity index (χ3v) is 4.43. The van der Waals surface area contributed by atoms with Gasteiger partial charge in [-0.05, 0) is 36.5 Å². The van der Waals surface area contributed by atoms with Gasteiger partial charge < -0.3 is 14.8 Å². The van der Waals surface area contributed by atoms with Gasteiger partial charge >= 0.3 is 0 Å². The first-order valence-electron chi connectivity index (χ1n) is 7.55. The second-order valence-corrected chi connectivity index (χ2v) is 6.62. The molecular weight excluding hydrogens is 395 g/mol. The fraction of sp³-hybridized carbons (Fsp3) is 0.111. The molecule has 0 atom stereocenters. The minimum atomic E-state index is -0.301. The lowest BCUT2D eigenvalue weighted by atomic mass is 10.1. The zero-order valence-electron chi connectivity index (χ0n) is 13.6. The first kappa shape index (κ1) is 18.5. The first-order chi connectivity index (χ1) is 12.5. The van der Waals surface area contributed by atoms with Gasteiger partial charge in [0.25, 0.3) is 5.91 Å². The van der Waals surface area contributed by atoms with Crippen LogP contribution >= 0.6 is 35.4 Å². The summed E-state index contributed by atoms with van der Waals surface area (Å²) in [4.78, 5) is 11.9. The molecule has 2 aromatic carbocycles. The fourth-order valence-electron chi connectivity index (χ4n) is 2.39. The van der Waals surface area contributed by atoms with E-state index in [1.165, 1.54) is 0 Å². The molecule has 8 heteroatoms. The van der Waals surface area contributed by atoms with Crippen molar-refractivity contribution in [3.63, 3.8) is 0 Å². The SMILES string of the molecule is COc1cccc(/C=C2/NC(=S)NC2=O)c1OCc1ccc(Cl)cc1Cl. The molecular formula is C18H14Cl2N2O3S. The standard InChI is InChI=1S/C18H14Cl2N2O3S/c1-24-15-4-2-3-10(7-14-17(23)22-18(26)21-14)16(15)25-9-11-5-6-12(19)8-13(11)20/h2-8H,9H2,1H3,(H2,21,22,23,26)/b14-7+. The molecule has 0 saturated carbocycles. The molecule has 1 fully saturated rings. The molecule has 0 aliphatic carbocycles. The Balaban J connectivity index is 1.91. The summed E-state index contributed by atoms with van der Waals surface area (Å²) < 4.78 is 11.3. The highest BCUT2D eigenvalue weighted by molar-refractivity contribution is 7.80. The number of carbonyl (C=O) groups is 1. The second kappa shape index (κ2) is 7.95. The topological polar surface area (TPSA) is 59.6 Å². The summed E-state index contributed by atoms with van der Waals surface area (Å²) in [5.41, 5.74) is 1.77. The monoisotopic (exact) mass is 408 g/mol. The smallest absolute Gasteiger partial charge is 0.273 e. The second-order valence-electron chi connectivity index (χ2n) is 5.37. The van der Waals surface area contributed by atoms with E-state index in [1.807, 2.05) is 6.07 Å². The van der Waals surface area contributed by atoms with Crippen LogP contribution in [0.1, 0.15) is 11.1 Å². The average Bonchev–Trinajstić information content (AvgIpc) is 2.92. The fourth-order valence-corrected chi connectivity index (χ4v) is 3.05. The number of ether oxygens (including phenoxy) is 2. The summed E-state index contributed by atoms with van der Waals surface area (Å²) in [5, 5.41) is 6.65. The summed E-state index contributed by atoms with van der Waals surface area (Å²) in [5.74, 6) is 0.718. The molecule has 2 N–H and O–H groups in total. The largest absolute Gasteiger partial charge is 0.493 e. The Bertz CT molecular complexity index is 915. The maximum atomic E-state index is 11.9. The molecule has 0 aromatic heterocycles. The quantitative estimate of drug-likeness (QED) is 0.579. The Labute approximate surface area is 165 Å². The number of carbonyl (C=O) groups excluding carboxylic acids is 1. The van der Waals surface area contributed by atoms with E-state index in [0.717, 1.165) is 5.56 Å². The summed E-state index contributed by atoms with van der Waals surface area (Å²) >= 11 is 17.1. The molecule has 1 amide bonds. The molecule has 0 bridgehead atoms. The van der Waals surface area contributed by atoms with E-state index < -0.39 is 0 Å². The molecule has 1 heterocycles. The van der Waals surface area contributed by atoms with Crippen LogP contribution in [0, 0.1) is 0 Å². The van der Waals surface area contributed by atoms with E-state index in [0.29, 0.717) is 32.8 Å². The van der Waals surface area contributed by atoms with Gasteiger partial charge in [0.2, 0.25) is 0 Å². The Morgan fingerprint density at radius 3 is 2.65 bits per heavy atom. The predicted octanol–water partition coefficient (Wildman–Crippen LogP) is 3.93. The van der Waals surface area contributed by atoms with E-state index in [-0.39, 0.29) is 17.6 Å². The van der Waals surface area contributed by atoms with Crippen molar-refractivity contribution in [3.05, 3.63) is 63.3 Å². The van der Waals surface area contributed by atoms with Crippen LogP contribution in [0.15, 0.2) is 42.1 Å². The van der Waals surface area contributed by atoms with Crippen molar-refractivity contribution in [1.29, 1.82) is 0 Å². The number of thiocarbonyl (C=S) groups is 1. The van der Waals surface area contributed by atoms with Gasteiger partial charge in [-0.2, -0.15) is 0 Å². The summed E-state index contributed by atoms with van der Waals surface area (Å²) in [7, 11) is 1.55. The Morgan fingerprint density at radius 1 is 1.19 bits per heavy atom. The highest BCUT2D eigenvalue weighted by atomic mass is 35.5. The number of nitrogens with one attached hydrogen (secondary N) is 2. The molecule has 1 aliphatic rings. The molecule has 0 unspecified atom stereocenters. The van der Waals surface area contributed by atoms with Crippen molar-refractivity contribution in [2.45, 2.75) is 6.61 Å². The number of methoxy groups -OCH3 is 1. The van der Waals surface area contributed by atoms with Gasteiger partial charge in [0, 0.05) is 21.2 Å². The van der Waals surface area contributed by atoms with Crippen molar-refractivity contribution in [2.75, 3.05) is 7.11 Å². The first-order valence-corrected chi connectivity index (χ1v) is 8.72. The van der Waals surface area contributed by atoms with Crippen LogP contribution in [0.5, 0.6) is 11.5 Å². The normalized spacial score (nSPS) is 15.0. The number of amides is 1. The number of halogens is 2. The highest BCUT2D eigenvalue weighted by Crippen LogP contribution is 2.34. The van der Waals surface area contributed by atoms with E-state index in [1.54, 1.807) is 43.5 Å². The minimum Gasteiger partial charge on any atom is -0.493 e. The van der Waals surface area contributed by atoms with Crippen LogP contribution in [0.3, 0.4) is 0 Å². The molecule has 1 aliphatic heterocycles. The Morgan fingerprint density at radius 2 is 2.00 bits per heavy atom. The summed E-state index contributed by atoms with van der Waals surface area (Å²) in [6.07, 6.45) is 1.65. The van der Waals surface area contributed by atoms with Crippen LogP contribution < -0.4 is 20.1 Å². The van der Waals surface area contributed by atoms with Gasteiger partial charge in [0.15, 0.2) is 16.6 Å². The van der Waals surface area contributed by atoms with Crippen LogP contribution in [-0.2, 0) is 11.4 Å². The zero-order chi connectivity index (χ0) is 18.7. The molecule has 0 spiro atoms. The average molecular weight is 409 g/mol. The summed E-state index contributed by atoms with van der Waals surface area (Å²) in [6.45, 7) is 0.213. The highest BCUT2D eigenvalue weighted by Gasteiger charge is 2.21. The number of para-hydroxylation sites is 1. The van der Waals surface area contributed by atoms with Crippen molar-refractivity contribution in [1.82, 2.24) is 10.6 Å². The minimum absolute atomic E-state index is 0.213. The van der Waals surface area contributed by atoms with Crippen LogP contribution in [-0.4, -0.2) is 18.1 Å². The molecule has 3 rings (SSSR count). The van der Waals surface area contributed by atoms with Crippen molar-refractivity contribution < 1.29 is 14.3 Å². The Kier molecular flexibility index (Phi) is 5.66. The summed E-state index contributed by atoms with van der Waals surface area (Å²) in [6, 6.07) is 10.6. The van der Waals surface area contributed by atoms with Gasteiger partial charge in [0.1, 0.15) is 12.3 Å². The van der Waals surface area contributed by atoms with Crippen molar-refractivity contribution in [2.24, 2.45) is 0 Å². The third-order valence-electron chi connectivity index (χ3n) is 3.64. The molecule has 5 nitrogen and oxygen atoms in total.